The molecule has 0 aliphatic rings. The van der Waals surface area contributed by atoms with Crippen LogP contribution >= 0.6 is 23.2 Å². The van der Waals surface area contributed by atoms with Gasteiger partial charge in [0.25, 0.3) is 0 Å². The molecule has 1 aromatic heterocycles. The van der Waals surface area contributed by atoms with Gasteiger partial charge in [0.05, 0.1) is 11.6 Å². The number of rotatable bonds is 6. The van der Waals surface area contributed by atoms with Gasteiger partial charge in [-0.15, -0.1) is 0 Å². The summed E-state index contributed by atoms with van der Waals surface area (Å²) in [6.07, 6.45) is 1.44. The molecule has 23 heavy (non-hydrogen) atoms. The Hall–Kier alpha value is -1.82. The number of carbonyl (C=O) groups is 1. The van der Waals surface area contributed by atoms with E-state index in [4.69, 9.17) is 33.7 Å². The summed E-state index contributed by atoms with van der Waals surface area (Å²) in [6.45, 7) is 2.15. The van der Waals surface area contributed by atoms with Crippen LogP contribution in [0, 0.1) is 0 Å². The molecule has 0 saturated carbocycles. The first-order chi connectivity index (χ1) is 10.9. The second-order valence-electron chi connectivity index (χ2n) is 5.11. The number of halogens is 2. The van der Waals surface area contributed by atoms with Crippen LogP contribution in [0.3, 0.4) is 0 Å². The fraction of sp³-hybridized carbons (Fsp3) is 0.250. The van der Waals surface area contributed by atoms with Crippen LogP contribution in [0.5, 0.6) is 5.88 Å². The molecule has 0 saturated heterocycles. The molecule has 1 heterocycles. The highest BCUT2D eigenvalue weighted by Gasteiger charge is 2.29. The highest BCUT2D eigenvalue weighted by molar-refractivity contribution is 6.35. The average molecular weight is 354 g/mol. The number of nitrogens with zero attached hydrogens (tertiary/aromatic N) is 1. The minimum Gasteiger partial charge on any atom is -0.475 e. The molecule has 0 aliphatic heterocycles. The topological polar surface area (TPSA) is 77.2 Å². The predicted octanol–water partition coefficient (Wildman–Crippen LogP) is 2.76. The predicted molar refractivity (Wildman–Crippen MR) is 90.7 cm³/mol. The number of pyridine rings is 1. The average Bonchev–Trinajstić information content (AvgIpc) is 2.53. The maximum atomic E-state index is 12.2. The molecule has 2 aromatic rings. The fourth-order valence-corrected chi connectivity index (χ4v) is 2.35. The molecule has 122 valence electrons. The van der Waals surface area contributed by atoms with Gasteiger partial charge in [0.1, 0.15) is 17.2 Å². The van der Waals surface area contributed by atoms with Crippen LogP contribution in [0.25, 0.3) is 0 Å². The van der Waals surface area contributed by atoms with Crippen molar-refractivity contribution in [2.24, 2.45) is 5.73 Å². The molecule has 1 aromatic carbocycles. The molecule has 1 amide bonds. The minimum atomic E-state index is -1.11. The molecule has 1 unspecified atom stereocenters. The number of hydrogen-bond acceptors (Lipinski definition) is 4. The lowest BCUT2D eigenvalue weighted by Gasteiger charge is -2.24. The van der Waals surface area contributed by atoms with Crippen molar-refractivity contribution >= 4 is 29.1 Å². The van der Waals surface area contributed by atoms with E-state index >= 15 is 0 Å². The molecule has 0 radical (unpaired) electrons. The van der Waals surface area contributed by atoms with Crippen LogP contribution < -0.4 is 15.8 Å². The van der Waals surface area contributed by atoms with Crippen LogP contribution in [0.15, 0.2) is 42.6 Å². The Labute approximate surface area is 144 Å². The number of ether oxygens (including phenoxy) is 1. The quantitative estimate of drug-likeness (QED) is 0.782. The number of nitrogens with two attached hydrogens (primary N) is 1. The van der Waals surface area contributed by atoms with E-state index in [9.17, 15) is 4.79 Å². The maximum absolute atomic E-state index is 12.2. The van der Waals surface area contributed by atoms with Crippen LogP contribution in [-0.2, 0) is 10.3 Å². The van der Waals surface area contributed by atoms with E-state index in [1.165, 1.54) is 12.3 Å². The van der Waals surface area contributed by atoms with Gasteiger partial charge in [0, 0.05) is 6.20 Å². The molecule has 3 N–H and O–H groups in total. The van der Waals surface area contributed by atoms with Gasteiger partial charge in [-0.25, -0.2) is 4.98 Å². The van der Waals surface area contributed by atoms with Gasteiger partial charge < -0.3 is 15.8 Å². The Balaban J connectivity index is 1.85. The summed E-state index contributed by atoms with van der Waals surface area (Å²) in [5.74, 6) is -0.0219. The first-order valence-corrected chi connectivity index (χ1v) is 7.73. The van der Waals surface area contributed by atoms with Gasteiger partial charge >= 0.3 is 0 Å². The molecule has 2 rings (SSSR count). The normalized spacial score (nSPS) is 13.2. The third kappa shape index (κ3) is 4.58. The van der Waals surface area contributed by atoms with Crippen LogP contribution in [-0.4, -0.2) is 24.0 Å². The summed E-state index contributed by atoms with van der Waals surface area (Å²) in [5.41, 5.74) is 5.74. The zero-order chi connectivity index (χ0) is 16.9. The fourth-order valence-electron chi connectivity index (χ4n) is 1.92. The number of hydrogen-bond donors (Lipinski definition) is 2. The Morgan fingerprint density at radius 1 is 1.35 bits per heavy atom. The first-order valence-electron chi connectivity index (χ1n) is 6.98. The largest absolute Gasteiger partial charge is 0.475 e. The summed E-state index contributed by atoms with van der Waals surface area (Å²) in [4.78, 5) is 16.2. The van der Waals surface area contributed by atoms with Gasteiger partial charge in [-0.05, 0) is 18.6 Å². The third-order valence-corrected chi connectivity index (χ3v) is 3.72. The van der Waals surface area contributed by atoms with E-state index in [1.807, 2.05) is 30.3 Å². The van der Waals surface area contributed by atoms with E-state index in [0.717, 1.165) is 5.56 Å². The Bertz CT molecular complexity index is 678. The van der Waals surface area contributed by atoms with Gasteiger partial charge in [-0.2, -0.15) is 0 Å². The molecule has 7 heteroatoms. The lowest BCUT2D eigenvalue weighted by molar-refractivity contribution is -0.126. The molecule has 0 fully saturated rings. The van der Waals surface area contributed by atoms with Crippen LogP contribution in [0.2, 0.25) is 10.0 Å². The lowest BCUT2D eigenvalue weighted by atomic mass is 9.92. The van der Waals surface area contributed by atoms with Crippen LogP contribution in [0.1, 0.15) is 12.5 Å². The molecular formula is C16H17Cl2N3O2. The van der Waals surface area contributed by atoms with Gasteiger partial charge in [0.15, 0.2) is 0 Å². The summed E-state index contributed by atoms with van der Waals surface area (Å²) in [7, 11) is 0. The van der Waals surface area contributed by atoms with Crippen LogP contribution in [0.4, 0.5) is 0 Å². The Kier molecular flexibility index (Phi) is 5.82. The highest BCUT2D eigenvalue weighted by atomic mass is 35.5. The Morgan fingerprint density at radius 3 is 2.70 bits per heavy atom. The number of nitrogens with one attached hydrogen (secondary N) is 1. The van der Waals surface area contributed by atoms with Crippen molar-refractivity contribution in [2.45, 2.75) is 12.5 Å². The zero-order valence-electron chi connectivity index (χ0n) is 12.6. The number of benzene rings is 1. The van der Waals surface area contributed by atoms with E-state index in [2.05, 4.69) is 10.3 Å². The number of aromatic nitrogens is 1. The van der Waals surface area contributed by atoms with E-state index in [-0.39, 0.29) is 24.9 Å². The van der Waals surface area contributed by atoms with Crippen molar-refractivity contribution in [3.05, 3.63) is 58.2 Å². The van der Waals surface area contributed by atoms with Crippen molar-refractivity contribution in [3.63, 3.8) is 0 Å². The highest BCUT2D eigenvalue weighted by Crippen LogP contribution is 2.24. The second kappa shape index (κ2) is 7.64. The van der Waals surface area contributed by atoms with Crippen molar-refractivity contribution in [2.75, 3.05) is 13.2 Å². The lowest BCUT2D eigenvalue weighted by Crippen LogP contribution is -2.49. The standard InChI is InChI=1S/C16H17Cl2N3O2/c1-16(19,11-5-3-2-4-6-11)15(22)20-7-8-23-14-13(18)9-12(17)10-21-14/h2-6,9-10H,7-8,19H2,1H3,(H,20,22). The van der Waals surface area contributed by atoms with Crippen molar-refractivity contribution in [1.29, 1.82) is 0 Å². The zero-order valence-corrected chi connectivity index (χ0v) is 14.1. The van der Waals surface area contributed by atoms with Crippen molar-refractivity contribution < 1.29 is 9.53 Å². The monoisotopic (exact) mass is 353 g/mol. The number of amides is 1. The summed E-state index contributed by atoms with van der Waals surface area (Å²) in [5, 5.41) is 3.48. The SMILES string of the molecule is CC(N)(C(=O)NCCOc1ncc(Cl)cc1Cl)c1ccccc1. The maximum Gasteiger partial charge on any atom is 0.244 e. The summed E-state index contributed by atoms with van der Waals surface area (Å²) < 4.78 is 5.40. The second-order valence-corrected chi connectivity index (χ2v) is 5.96. The van der Waals surface area contributed by atoms with Gasteiger partial charge in [-0.3, -0.25) is 4.79 Å². The summed E-state index contributed by atoms with van der Waals surface area (Å²) in [6, 6.07) is 10.7. The van der Waals surface area contributed by atoms with E-state index in [1.54, 1.807) is 6.92 Å². The smallest absolute Gasteiger partial charge is 0.244 e. The molecular weight excluding hydrogens is 337 g/mol. The molecule has 0 bridgehead atoms. The van der Waals surface area contributed by atoms with Crippen molar-refractivity contribution in [1.82, 2.24) is 10.3 Å². The minimum absolute atomic E-state index is 0.213. The van der Waals surface area contributed by atoms with Crippen molar-refractivity contribution in [3.8, 4) is 5.88 Å². The number of carbonyl (C=O) groups excluding carboxylic acids is 1. The molecule has 1 atom stereocenters. The molecule has 0 aliphatic carbocycles. The van der Waals surface area contributed by atoms with E-state index < -0.39 is 5.54 Å². The molecule has 0 spiro atoms. The Morgan fingerprint density at radius 2 is 2.04 bits per heavy atom. The molecule has 5 nitrogen and oxygen atoms in total. The third-order valence-electron chi connectivity index (χ3n) is 3.25. The van der Waals surface area contributed by atoms with Gasteiger partial charge in [-0.1, -0.05) is 53.5 Å². The summed E-state index contributed by atoms with van der Waals surface area (Å²) >= 11 is 11.7. The first kappa shape index (κ1) is 17.5. The van der Waals surface area contributed by atoms with Gasteiger partial charge in [0.2, 0.25) is 11.8 Å². The van der Waals surface area contributed by atoms with E-state index in [0.29, 0.717) is 10.0 Å².